The number of ether oxygens (including phenoxy) is 2. The van der Waals surface area contributed by atoms with Crippen LogP contribution in [0.5, 0.6) is 11.6 Å². The molecule has 0 saturated carbocycles. The lowest BCUT2D eigenvalue weighted by atomic mass is 10.1. The maximum absolute atomic E-state index is 12.9. The molecule has 1 unspecified atom stereocenters. The average Bonchev–Trinajstić information content (AvgIpc) is 2.77. The molecular formula is C23H23F3N2O3S. The number of nitrogens with zero attached hydrogens (tertiary/aromatic N) is 1. The van der Waals surface area contributed by atoms with Crippen molar-refractivity contribution < 1.29 is 26.9 Å². The molecule has 0 bridgehead atoms. The van der Waals surface area contributed by atoms with Gasteiger partial charge >= 0.3 is 6.18 Å². The standard InChI is InChI=1S/C23H23F3N2O3S/c1-15(2)32(29)28-21-12-18(13-27-22(21)30-3)17-7-5-9-20(11-17)31-14-16-6-4-8-19(10-16)23(24,25)26/h4-13,15,28H,14H2,1-3H3. The van der Waals surface area contributed by atoms with Crippen molar-refractivity contribution in [2.45, 2.75) is 31.9 Å². The van der Waals surface area contributed by atoms with Gasteiger partial charge < -0.3 is 14.2 Å². The summed E-state index contributed by atoms with van der Waals surface area (Å²) < 4.78 is 64.8. The normalized spacial score (nSPS) is 12.5. The van der Waals surface area contributed by atoms with Crippen LogP contribution in [0.2, 0.25) is 0 Å². The lowest BCUT2D eigenvalue weighted by Crippen LogP contribution is -2.15. The summed E-state index contributed by atoms with van der Waals surface area (Å²) in [6.45, 7) is 3.66. The number of hydrogen-bond donors (Lipinski definition) is 1. The number of hydrogen-bond acceptors (Lipinski definition) is 4. The van der Waals surface area contributed by atoms with Gasteiger partial charge in [-0.3, -0.25) is 0 Å². The Bertz CT molecular complexity index is 1100. The second kappa shape index (κ2) is 10.0. The fraction of sp³-hybridized carbons (Fsp3) is 0.261. The highest BCUT2D eigenvalue weighted by Crippen LogP contribution is 2.32. The number of benzene rings is 2. The van der Waals surface area contributed by atoms with Crippen LogP contribution < -0.4 is 14.2 Å². The summed E-state index contributed by atoms with van der Waals surface area (Å²) in [5, 5.41) is -0.101. The Balaban J connectivity index is 1.79. The minimum atomic E-state index is -4.40. The van der Waals surface area contributed by atoms with Crippen LogP contribution in [0.25, 0.3) is 11.1 Å². The van der Waals surface area contributed by atoms with E-state index in [0.29, 0.717) is 22.9 Å². The van der Waals surface area contributed by atoms with Gasteiger partial charge in [-0.25, -0.2) is 9.19 Å². The molecule has 3 rings (SSSR count). The number of methoxy groups -OCH3 is 1. The van der Waals surface area contributed by atoms with Crippen LogP contribution in [0.3, 0.4) is 0 Å². The molecule has 1 aromatic heterocycles. The molecule has 0 spiro atoms. The van der Waals surface area contributed by atoms with Crippen LogP contribution in [-0.2, 0) is 23.8 Å². The molecule has 0 saturated heterocycles. The molecule has 0 amide bonds. The second-order valence-electron chi connectivity index (χ2n) is 7.24. The van der Waals surface area contributed by atoms with Gasteiger partial charge in [-0.1, -0.05) is 24.3 Å². The molecule has 0 aliphatic carbocycles. The van der Waals surface area contributed by atoms with E-state index in [4.69, 9.17) is 9.47 Å². The summed E-state index contributed by atoms with van der Waals surface area (Å²) in [6, 6.07) is 13.9. The van der Waals surface area contributed by atoms with E-state index in [2.05, 4.69) is 9.71 Å². The molecule has 9 heteroatoms. The van der Waals surface area contributed by atoms with E-state index >= 15 is 0 Å². The molecule has 170 valence electrons. The zero-order valence-electron chi connectivity index (χ0n) is 17.8. The van der Waals surface area contributed by atoms with E-state index in [1.807, 2.05) is 19.9 Å². The number of pyridine rings is 1. The van der Waals surface area contributed by atoms with Crippen molar-refractivity contribution in [1.29, 1.82) is 0 Å². The van der Waals surface area contributed by atoms with Gasteiger partial charge in [0, 0.05) is 17.0 Å². The van der Waals surface area contributed by atoms with Crippen molar-refractivity contribution in [3.8, 4) is 22.8 Å². The molecule has 32 heavy (non-hydrogen) atoms. The van der Waals surface area contributed by atoms with E-state index in [-0.39, 0.29) is 11.9 Å². The number of aromatic nitrogens is 1. The quantitative estimate of drug-likeness (QED) is 0.455. The first-order valence-corrected chi connectivity index (χ1v) is 11.0. The number of rotatable bonds is 8. The van der Waals surface area contributed by atoms with E-state index in [1.54, 1.807) is 36.5 Å². The fourth-order valence-electron chi connectivity index (χ4n) is 2.84. The highest BCUT2D eigenvalue weighted by molar-refractivity contribution is 7.86. The maximum atomic E-state index is 12.9. The maximum Gasteiger partial charge on any atom is 0.416 e. The lowest BCUT2D eigenvalue weighted by molar-refractivity contribution is -0.137. The zero-order valence-corrected chi connectivity index (χ0v) is 18.6. The Hall–Kier alpha value is -3.07. The highest BCUT2D eigenvalue weighted by atomic mass is 32.2. The van der Waals surface area contributed by atoms with Gasteiger partial charge in [0.2, 0.25) is 5.88 Å². The van der Waals surface area contributed by atoms with Crippen molar-refractivity contribution in [3.63, 3.8) is 0 Å². The molecule has 2 aromatic carbocycles. The topological polar surface area (TPSA) is 60.5 Å². The van der Waals surface area contributed by atoms with Crippen molar-refractivity contribution in [2.24, 2.45) is 0 Å². The minimum Gasteiger partial charge on any atom is -0.489 e. The summed E-state index contributed by atoms with van der Waals surface area (Å²) in [7, 11) is 0.169. The van der Waals surface area contributed by atoms with E-state index in [9.17, 15) is 17.4 Å². The Labute approximate surface area is 187 Å². The first kappa shape index (κ1) is 23.6. The number of halogens is 3. The van der Waals surface area contributed by atoms with E-state index < -0.39 is 22.7 Å². The van der Waals surface area contributed by atoms with Gasteiger partial charge in [-0.15, -0.1) is 0 Å². The molecule has 0 aliphatic heterocycles. The lowest BCUT2D eigenvalue weighted by Gasteiger charge is -2.14. The summed E-state index contributed by atoms with van der Waals surface area (Å²) in [5.41, 5.74) is 1.71. The van der Waals surface area contributed by atoms with Crippen LogP contribution >= 0.6 is 0 Å². The van der Waals surface area contributed by atoms with E-state index in [1.165, 1.54) is 13.2 Å². The van der Waals surface area contributed by atoms with Gasteiger partial charge in [0.1, 0.15) is 29.0 Å². The molecule has 0 radical (unpaired) electrons. The van der Waals surface area contributed by atoms with Crippen LogP contribution in [0, 0.1) is 0 Å². The predicted molar refractivity (Wildman–Crippen MR) is 119 cm³/mol. The third-order valence-corrected chi connectivity index (χ3v) is 5.79. The van der Waals surface area contributed by atoms with Crippen LogP contribution in [0.1, 0.15) is 25.0 Å². The van der Waals surface area contributed by atoms with Gasteiger partial charge in [0.25, 0.3) is 0 Å². The molecular weight excluding hydrogens is 441 g/mol. The van der Waals surface area contributed by atoms with E-state index in [0.717, 1.165) is 23.3 Å². The van der Waals surface area contributed by atoms with Crippen molar-refractivity contribution in [1.82, 2.24) is 4.98 Å². The van der Waals surface area contributed by atoms with Crippen LogP contribution in [0.15, 0.2) is 60.8 Å². The number of nitrogens with one attached hydrogen (secondary N) is 1. The second-order valence-corrected chi connectivity index (χ2v) is 8.99. The molecule has 1 heterocycles. The summed E-state index contributed by atoms with van der Waals surface area (Å²) in [5.74, 6) is 0.815. The number of anilines is 1. The van der Waals surface area contributed by atoms with Gasteiger partial charge in [-0.2, -0.15) is 13.2 Å². The third-order valence-electron chi connectivity index (χ3n) is 4.51. The van der Waals surface area contributed by atoms with Gasteiger partial charge in [0.05, 0.1) is 12.7 Å². The molecule has 0 aliphatic rings. The predicted octanol–water partition coefficient (Wildman–Crippen LogP) is 5.84. The first-order chi connectivity index (χ1) is 15.2. The van der Waals surface area contributed by atoms with Gasteiger partial charge in [-0.05, 0) is 55.3 Å². The Morgan fingerprint density at radius 3 is 2.50 bits per heavy atom. The summed E-state index contributed by atoms with van der Waals surface area (Å²) in [6.07, 6.45) is -2.78. The first-order valence-electron chi connectivity index (χ1n) is 9.78. The fourth-order valence-corrected chi connectivity index (χ4v) is 3.44. The van der Waals surface area contributed by atoms with Crippen molar-refractivity contribution in [3.05, 3.63) is 71.9 Å². The van der Waals surface area contributed by atoms with Crippen LogP contribution in [0.4, 0.5) is 18.9 Å². The molecule has 5 nitrogen and oxygen atoms in total. The van der Waals surface area contributed by atoms with Crippen molar-refractivity contribution in [2.75, 3.05) is 11.8 Å². The Morgan fingerprint density at radius 1 is 1.06 bits per heavy atom. The summed E-state index contributed by atoms with van der Waals surface area (Å²) in [4.78, 5) is 4.28. The largest absolute Gasteiger partial charge is 0.489 e. The smallest absolute Gasteiger partial charge is 0.416 e. The average molecular weight is 465 g/mol. The highest BCUT2D eigenvalue weighted by Gasteiger charge is 2.30. The Kier molecular flexibility index (Phi) is 7.40. The van der Waals surface area contributed by atoms with Gasteiger partial charge in [0.15, 0.2) is 0 Å². The third kappa shape index (κ3) is 6.00. The minimum absolute atomic E-state index is 0.00554. The SMILES string of the molecule is COc1ncc(-c2cccc(OCc3cccc(C(F)(F)F)c3)c2)cc1NS(=O)C(C)C. The molecule has 0 fully saturated rings. The monoisotopic (exact) mass is 464 g/mol. The van der Waals surface area contributed by atoms with Crippen molar-refractivity contribution >= 4 is 16.7 Å². The molecule has 3 aromatic rings. The summed E-state index contributed by atoms with van der Waals surface area (Å²) >= 11 is 0. The zero-order chi connectivity index (χ0) is 23.3. The van der Waals surface area contributed by atoms with Crippen LogP contribution in [-0.4, -0.2) is 21.6 Å². The Morgan fingerprint density at radius 2 is 1.81 bits per heavy atom. The molecule has 1 atom stereocenters. The molecule has 1 N–H and O–H groups in total. The number of alkyl halides is 3.